The number of furan rings is 1. The Morgan fingerprint density at radius 2 is 1.11 bits per heavy atom. The SMILES string of the molecule is C1=Cc2c(oc3ccc(-c4ccc(N(c5ccccc5)c5ccc(-c6ccccc6)cc5)cc4)cc23)CN1. The lowest BCUT2D eigenvalue weighted by Crippen LogP contribution is -2.09. The van der Waals surface area contributed by atoms with Gasteiger partial charge >= 0.3 is 0 Å². The fourth-order valence-electron chi connectivity index (χ4n) is 5.22. The van der Waals surface area contributed by atoms with Crippen LogP contribution in [0.25, 0.3) is 39.3 Å². The van der Waals surface area contributed by atoms with E-state index < -0.39 is 0 Å². The molecule has 3 heteroatoms. The Labute approximate surface area is 222 Å². The molecular weight excluding hydrogens is 464 g/mol. The summed E-state index contributed by atoms with van der Waals surface area (Å²) in [7, 11) is 0. The van der Waals surface area contributed by atoms with Crippen molar-refractivity contribution < 1.29 is 4.42 Å². The molecule has 5 aromatic carbocycles. The minimum atomic E-state index is 0.728. The van der Waals surface area contributed by atoms with Crippen molar-refractivity contribution in [3.63, 3.8) is 0 Å². The topological polar surface area (TPSA) is 28.4 Å². The first-order valence-electron chi connectivity index (χ1n) is 12.9. The molecule has 0 amide bonds. The Bertz CT molecular complexity index is 1730. The molecule has 0 fully saturated rings. The normalized spacial score (nSPS) is 12.2. The highest BCUT2D eigenvalue weighted by molar-refractivity contribution is 5.92. The summed E-state index contributed by atoms with van der Waals surface area (Å²) in [5, 5.41) is 4.38. The third kappa shape index (κ3) is 4.04. The molecule has 0 radical (unpaired) electrons. The van der Waals surface area contributed by atoms with Gasteiger partial charge in [0.1, 0.15) is 11.3 Å². The predicted molar refractivity (Wildman–Crippen MR) is 158 cm³/mol. The number of fused-ring (bicyclic) bond motifs is 3. The van der Waals surface area contributed by atoms with Crippen LogP contribution in [-0.4, -0.2) is 0 Å². The second-order valence-corrected chi connectivity index (χ2v) is 9.49. The van der Waals surface area contributed by atoms with E-state index in [4.69, 9.17) is 4.42 Å². The van der Waals surface area contributed by atoms with Crippen molar-refractivity contribution in [3.8, 4) is 22.3 Å². The number of nitrogens with zero attached hydrogens (tertiary/aromatic N) is 1. The summed E-state index contributed by atoms with van der Waals surface area (Å²) in [5.41, 5.74) is 10.2. The maximum atomic E-state index is 6.05. The van der Waals surface area contributed by atoms with E-state index in [0.717, 1.165) is 40.3 Å². The van der Waals surface area contributed by atoms with Gasteiger partial charge < -0.3 is 14.6 Å². The van der Waals surface area contributed by atoms with Gasteiger partial charge in [-0.3, -0.25) is 0 Å². The molecule has 0 atom stereocenters. The van der Waals surface area contributed by atoms with Crippen LogP contribution in [0.2, 0.25) is 0 Å². The number of hydrogen-bond donors (Lipinski definition) is 1. The molecule has 0 unspecified atom stereocenters. The first kappa shape index (κ1) is 22.2. The lowest BCUT2D eigenvalue weighted by atomic mass is 10.0. The summed E-state index contributed by atoms with van der Waals surface area (Å²) < 4.78 is 6.05. The van der Waals surface area contributed by atoms with E-state index in [1.807, 2.05) is 12.3 Å². The van der Waals surface area contributed by atoms with E-state index in [0.29, 0.717) is 0 Å². The van der Waals surface area contributed by atoms with Gasteiger partial charge in [-0.05, 0) is 83.1 Å². The van der Waals surface area contributed by atoms with Crippen molar-refractivity contribution in [2.45, 2.75) is 6.54 Å². The van der Waals surface area contributed by atoms with Gasteiger partial charge in [0.2, 0.25) is 0 Å². The average Bonchev–Trinajstić information content (AvgIpc) is 3.37. The molecular formula is C35H26N2O. The largest absolute Gasteiger partial charge is 0.459 e. The van der Waals surface area contributed by atoms with Crippen LogP contribution in [0.1, 0.15) is 11.3 Å². The van der Waals surface area contributed by atoms with Crippen molar-refractivity contribution in [2.75, 3.05) is 4.90 Å². The summed E-state index contributed by atoms with van der Waals surface area (Å²) in [4.78, 5) is 2.30. The Morgan fingerprint density at radius 1 is 0.553 bits per heavy atom. The Kier molecular flexibility index (Phi) is 5.52. The van der Waals surface area contributed by atoms with Gasteiger partial charge in [-0.25, -0.2) is 0 Å². The smallest absolute Gasteiger partial charge is 0.135 e. The molecule has 0 bridgehead atoms. The molecule has 1 aromatic heterocycles. The third-order valence-electron chi connectivity index (χ3n) is 7.14. The lowest BCUT2D eigenvalue weighted by molar-refractivity contribution is 0.532. The molecule has 6 aromatic rings. The number of anilines is 3. The number of rotatable bonds is 5. The lowest BCUT2D eigenvalue weighted by Gasteiger charge is -2.26. The Hall–Kier alpha value is -5.02. The van der Waals surface area contributed by atoms with Gasteiger partial charge in [0.15, 0.2) is 0 Å². The Balaban J connectivity index is 1.24. The molecule has 0 spiro atoms. The zero-order chi connectivity index (χ0) is 25.3. The van der Waals surface area contributed by atoms with Gasteiger partial charge in [0.05, 0.1) is 6.54 Å². The van der Waals surface area contributed by atoms with Gasteiger partial charge in [-0.1, -0.05) is 78.9 Å². The van der Waals surface area contributed by atoms with E-state index in [1.54, 1.807) is 0 Å². The van der Waals surface area contributed by atoms with E-state index in [-0.39, 0.29) is 0 Å². The number of para-hydroxylation sites is 1. The minimum Gasteiger partial charge on any atom is -0.459 e. The second kappa shape index (κ2) is 9.45. The predicted octanol–water partition coefficient (Wildman–Crippen LogP) is 9.31. The van der Waals surface area contributed by atoms with Gasteiger partial charge in [0, 0.05) is 28.0 Å². The van der Waals surface area contributed by atoms with E-state index in [9.17, 15) is 0 Å². The van der Waals surface area contributed by atoms with Crippen LogP contribution in [0, 0.1) is 0 Å². The van der Waals surface area contributed by atoms with Crippen LogP contribution in [-0.2, 0) is 6.54 Å². The van der Waals surface area contributed by atoms with Crippen LogP contribution in [0.4, 0.5) is 17.1 Å². The van der Waals surface area contributed by atoms with Crippen LogP contribution in [0.5, 0.6) is 0 Å². The molecule has 0 saturated heterocycles. The van der Waals surface area contributed by atoms with Crippen molar-refractivity contribution >= 4 is 34.1 Å². The molecule has 1 N–H and O–H groups in total. The average molecular weight is 491 g/mol. The van der Waals surface area contributed by atoms with Crippen LogP contribution in [0.3, 0.4) is 0 Å². The molecule has 0 saturated carbocycles. The number of benzene rings is 5. The maximum absolute atomic E-state index is 6.05. The molecule has 0 aliphatic carbocycles. The minimum absolute atomic E-state index is 0.728. The molecule has 2 heterocycles. The Morgan fingerprint density at radius 3 is 1.79 bits per heavy atom. The highest BCUT2D eigenvalue weighted by atomic mass is 16.3. The number of nitrogens with one attached hydrogen (secondary N) is 1. The fraction of sp³-hybridized carbons (Fsp3) is 0.0286. The second-order valence-electron chi connectivity index (χ2n) is 9.49. The quantitative estimate of drug-likeness (QED) is 0.261. The standard InChI is InChI=1S/C35H26N2O/c1-3-7-25(8-4-1)26-11-16-30(17-12-26)37(29-9-5-2-6-10-29)31-18-13-27(14-19-31)28-15-20-34-33(23-28)32-21-22-36-24-35(32)38-34/h1-23,36H,24H2. The molecule has 7 rings (SSSR count). The summed E-state index contributed by atoms with van der Waals surface area (Å²) >= 11 is 0. The fourth-order valence-corrected chi connectivity index (χ4v) is 5.22. The van der Waals surface area contributed by atoms with Crippen molar-refractivity contribution in [1.29, 1.82) is 0 Å². The summed E-state index contributed by atoms with van der Waals surface area (Å²) in [6.07, 6.45) is 4.08. The van der Waals surface area contributed by atoms with Gasteiger partial charge in [-0.2, -0.15) is 0 Å². The van der Waals surface area contributed by atoms with Gasteiger partial charge in [0.25, 0.3) is 0 Å². The summed E-state index contributed by atoms with van der Waals surface area (Å²) in [6, 6.07) is 45.1. The molecule has 1 aliphatic rings. The van der Waals surface area contributed by atoms with E-state index in [2.05, 4.69) is 138 Å². The van der Waals surface area contributed by atoms with Crippen LogP contribution in [0.15, 0.2) is 138 Å². The zero-order valence-corrected chi connectivity index (χ0v) is 20.8. The summed E-state index contributed by atoms with van der Waals surface area (Å²) in [5.74, 6) is 0.992. The maximum Gasteiger partial charge on any atom is 0.135 e. The first-order chi connectivity index (χ1) is 18.8. The number of hydrogen-bond acceptors (Lipinski definition) is 3. The van der Waals surface area contributed by atoms with Crippen LogP contribution < -0.4 is 10.2 Å². The van der Waals surface area contributed by atoms with Crippen molar-refractivity contribution in [1.82, 2.24) is 5.32 Å². The van der Waals surface area contributed by atoms with Gasteiger partial charge in [-0.15, -0.1) is 0 Å². The first-order valence-corrected chi connectivity index (χ1v) is 12.9. The highest BCUT2D eigenvalue weighted by Gasteiger charge is 2.16. The van der Waals surface area contributed by atoms with Crippen molar-refractivity contribution in [3.05, 3.63) is 145 Å². The summed E-state index contributed by atoms with van der Waals surface area (Å²) in [6.45, 7) is 0.728. The van der Waals surface area contributed by atoms with E-state index >= 15 is 0 Å². The van der Waals surface area contributed by atoms with E-state index in [1.165, 1.54) is 27.8 Å². The third-order valence-corrected chi connectivity index (χ3v) is 7.14. The molecule has 182 valence electrons. The highest BCUT2D eigenvalue weighted by Crippen LogP contribution is 2.37. The van der Waals surface area contributed by atoms with Crippen LogP contribution >= 0.6 is 0 Å². The molecule has 1 aliphatic heterocycles. The molecule has 3 nitrogen and oxygen atoms in total. The zero-order valence-electron chi connectivity index (χ0n) is 20.8. The monoisotopic (exact) mass is 490 g/mol. The van der Waals surface area contributed by atoms with Crippen molar-refractivity contribution in [2.24, 2.45) is 0 Å². The molecule has 38 heavy (non-hydrogen) atoms.